The van der Waals surface area contributed by atoms with Gasteiger partial charge < -0.3 is 4.90 Å². The van der Waals surface area contributed by atoms with Gasteiger partial charge in [-0.1, -0.05) is 44.6 Å². The molecule has 0 aromatic heterocycles. The third kappa shape index (κ3) is 4.73. The van der Waals surface area contributed by atoms with Gasteiger partial charge in [-0.3, -0.25) is 0 Å². The zero-order valence-corrected chi connectivity index (χ0v) is 11.4. The molecule has 0 bridgehead atoms. The van der Waals surface area contributed by atoms with E-state index in [9.17, 15) is 0 Å². The maximum atomic E-state index is 2.66. The molecule has 2 rings (SSSR count). The molecule has 0 unspecified atom stereocenters. The van der Waals surface area contributed by atoms with Crippen molar-refractivity contribution in [2.45, 2.75) is 77.0 Å². The summed E-state index contributed by atoms with van der Waals surface area (Å²) < 4.78 is 0. The fourth-order valence-electron chi connectivity index (χ4n) is 3.17. The van der Waals surface area contributed by atoms with Crippen LogP contribution in [0, 0.1) is 0 Å². The molecule has 0 amide bonds. The SMILES string of the molecule is C1=C(\N2CCCC2)CCCCCCCCCC/1. The standard InChI is InChI=1S/C16H29N/c1-2-4-6-8-12-16(13-9-7-5-3-1)17-14-10-11-15-17/h12H,1-11,13-15H2/b16-12-. The molecule has 0 N–H and O–H groups in total. The Labute approximate surface area is 107 Å². The van der Waals surface area contributed by atoms with Crippen LogP contribution < -0.4 is 0 Å². The summed E-state index contributed by atoms with van der Waals surface area (Å²) in [5, 5.41) is 0. The second kappa shape index (κ2) is 7.79. The average molecular weight is 235 g/mol. The van der Waals surface area contributed by atoms with Gasteiger partial charge in [0.2, 0.25) is 0 Å². The minimum Gasteiger partial charge on any atom is -0.375 e. The maximum Gasteiger partial charge on any atom is 0.0175 e. The molecule has 1 heterocycles. The molecule has 0 spiro atoms. The van der Waals surface area contributed by atoms with Gasteiger partial charge in [-0.05, 0) is 38.5 Å². The van der Waals surface area contributed by atoms with Crippen molar-refractivity contribution in [3.05, 3.63) is 11.8 Å². The van der Waals surface area contributed by atoms with Crippen LogP contribution in [0.2, 0.25) is 0 Å². The summed E-state index contributed by atoms with van der Waals surface area (Å²) in [6.07, 6.45) is 19.7. The van der Waals surface area contributed by atoms with Crippen LogP contribution >= 0.6 is 0 Å². The Morgan fingerprint density at radius 3 is 1.94 bits per heavy atom. The van der Waals surface area contributed by atoms with E-state index < -0.39 is 0 Å². The molecular formula is C16H29N. The molecule has 0 aromatic rings. The summed E-state index contributed by atoms with van der Waals surface area (Å²) in [6.45, 7) is 2.65. The van der Waals surface area contributed by atoms with E-state index in [0.29, 0.717) is 0 Å². The smallest absolute Gasteiger partial charge is 0.0175 e. The van der Waals surface area contributed by atoms with Gasteiger partial charge in [0.05, 0.1) is 0 Å². The summed E-state index contributed by atoms with van der Waals surface area (Å²) in [5.41, 5.74) is 1.68. The molecule has 1 heteroatoms. The minimum absolute atomic E-state index is 1.33. The van der Waals surface area contributed by atoms with E-state index >= 15 is 0 Å². The average Bonchev–Trinajstić information content (AvgIpc) is 2.83. The van der Waals surface area contributed by atoms with Gasteiger partial charge in [-0.2, -0.15) is 0 Å². The van der Waals surface area contributed by atoms with Crippen LogP contribution in [-0.4, -0.2) is 18.0 Å². The van der Waals surface area contributed by atoms with Crippen molar-refractivity contribution in [2.24, 2.45) is 0 Å². The third-order valence-corrected chi connectivity index (χ3v) is 4.28. The molecular weight excluding hydrogens is 206 g/mol. The highest BCUT2D eigenvalue weighted by Crippen LogP contribution is 2.22. The molecule has 2 aliphatic rings. The van der Waals surface area contributed by atoms with E-state index in [1.165, 1.54) is 90.1 Å². The van der Waals surface area contributed by atoms with E-state index in [1.54, 1.807) is 5.70 Å². The lowest BCUT2D eigenvalue weighted by Crippen LogP contribution is -2.18. The van der Waals surface area contributed by atoms with Gasteiger partial charge in [-0.25, -0.2) is 0 Å². The summed E-state index contributed by atoms with van der Waals surface area (Å²) >= 11 is 0. The number of likely N-dealkylation sites (tertiary alicyclic amines) is 1. The van der Waals surface area contributed by atoms with Crippen LogP contribution in [0.25, 0.3) is 0 Å². The van der Waals surface area contributed by atoms with E-state index in [4.69, 9.17) is 0 Å². The lowest BCUT2D eigenvalue weighted by atomic mass is 10.0. The van der Waals surface area contributed by atoms with Crippen molar-refractivity contribution in [3.8, 4) is 0 Å². The van der Waals surface area contributed by atoms with E-state index in [0.717, 1.165) is 0 Å². The Balaban J connectivity index is 1.84. The highest BCUT2D eigenvalue weighted by Gasteiger charge is 2.14. The van der Waals surface area contributed by atoms with Gasteiger partial charge in [0.1, 0.15) is 0 Å². The first-order valence-electron chi connectivity index (χ1n) is 7.91. The van der Waals surface area contributed by atoms with Crippen molar-refractivity contribution in [2.75, 3.05) is 13.1 Å². The van der Waals surface area contributed by atoms with Gasteiger partial charge >= 0.3 is 0 Å². The normalized spacial score (nSPS) is 28.0. The molecule has 1 nitrogen and oxygen atoms in total. The number of hydrogen-bond acceptors (Lipinski definition) is 1. The summed E-state index contributed by atoms with van der Waals surface area (Å²) in [7, 11) is 0. The second-order valence-corrected chi connectivity index (χ2v) is 5.76. The summed E-state index contributed by atoms with van der Waals surface area (Å²) in [5.74, 6) is 0. The molecule has 0 radical (unpaired) electrons. The molecule has 1 aliphatic carbocycles. The van der Waals surface area contributed by atoms with Crippen molar-refractivity contribution in [3.63, 3.8) is 0 Å². The predicted octanol–water partition coefficient (Wildman–Crippen LogP) is 4.88. The Bertz CT molecular complexity index is 226. The zero-order valence-electron chi connectivity index (χ0n) is 11.4. The van der Waals surface area contributed by atoms with Crippen molar-refractivity contribution < 1.29 is 0 Å². The maximum absolute atomic E-state index is 2.66. The predicted molar refractivity (Wildman–Crippen MR) is 75.1 cm³/mol. The first-order chi connectivity index (χ1) is 8.47. The molecule has 0 saturated carbocycles. The minimum atomic E-state index is 1.33. The molecule has 0 atom stereocenters. The van der Waals surface area contributed by atoms with Crippen LogP contribution in [0.15, 0.2) is 11.8 Å². The Morgan fingerprint density at radius 2 is 1.24 bits per heavy atom. The highest BCUT2D eigenvalue weighted by molar-refractivity contribution is 5.03. The van der Waals surface area contributed by atoms with Gasteiger partial charge in [-0.15, -0.1) is 0 Å². The van der Waals surface area contributed by atoms with E-state index in [1.807, 2.05) is 0 Å². The number of nitrogens with zero attached hydrogens (tertiary/aromatic N) is 1. The summed E-state index contributed by atoms with van der Waals surface area (Å²) in [6, 6.07) is 0. The Hall–Kier alpha value is -0.460. The Morgan fingerprint density at radius 1 is 0.647 bits per heavy atom. The fourth-order valence-corrected chi connectivity index (χ4v) is 3.17. The zero-order chi connectivity index (χ0) is 11.8. The van der Waals surface area contributed by atoms with Crippen LogP contribution in [0.4, 0.5) is 0 Å². The summed E-state index contributed by atoms with van der Waals surface area (Å²) in [4.78, 5) is 2.66. The lowest BCUT2D eigenvalue weighted by Gasteiger charge is -2.22. The molecule has 1 fully saturated rings. The fraction of sp³-hybridized carbons (Fsp3) is 0.875. The largest absolute Gasteiger partial charge is 0.375 e. The van der Waals surface area contributed by atoms with E-state index in [-0.39, 0.29) is 0 Å². The number of rotatable bonds is 1. The second-order valence-electron chi connectivity index (χ2n) is 5.76. The first kappa shape index (κ1) is 13.0. The molecule has 1 aliphatic heterocycles. The topological polar surface area (TPSA) is 3.24 Å². The van der Waals surface area contributed by atoms with Gasteiger partial charge in [0, 0.05) is 18.8 Å². The lowest BCUT2D eigenvalue weighted by molar-refractivity contribution is 0.397. The van der Waals surface area contributed by atoms with E-state index in [2.05, 4.69) is 11.0 Å². The number of allylic oxidation sites excluding steroid dienone is 2. The molecule has 1 saturated heterocycles. The highest BCUT2D eigenvalue weighted by atomic mass is 15.1. The van der Waals surface area contributed by atoms with Crippen molar-refractivity contribution in [1.82, 2.24) is 4.90 Å². The van der Waals surface area contributed by atoms with Crippen LogP contribution in [0.5, 0.6) is 0 Å². The van der Waals surface area contributed by atoms with Crippen LogP contribution in [0.3, 0.4) is 0 Å². The first-order valence-corrected chi connectivity index (χ1v) is 7.91. The monoisotopic (exact) mass is 235 g/mol. The molecule has 0 aromatic carbocycles. The molecule has 98 valence electrons. The number of hydrogen-bond donors (Lipinski definition) is 0. The van der Waals surface area contributed by atoms with Gasteiger partial charge in [0.25, 0.3) is 0 Å². The van der Waals surface area contributed by atoms with Crippen LogP contribution in [-0.2, 0) is 0 Å². The third-order valence-electron chi connectivity index (χ3n) is 4.28. The van der Waals surface area contributed by atoms with Crippen molar-refractivity contribution in [1.29, 1.82) is 0 Å². The van der Waals surface area contributed by atoms with Crippen molar-refractivity contribution >= 4 is 0 Å². The quantitative estimate of drug-likeness (QED) is 0.626. The Kier molecular flexibility index (Phi) is 5.95. The van der Waals surface area contributed by atoms with Crippen LogP contribution in [0.1, 0.15) is 77.0 Å². The molecule has 17 heavy (non-hydrogen) atoms. The van der Waals surface area contributed by atoms with Gasteiger partial charge in [0.15, 0.2) is 0 Å².